The molecule has 0 spiro atoms. The third kappa shape index (κ3) is 6.66. The standard InChI is InChI=1S/C21H28N4O8S3/c1-3-24(21(26)32-13-15-6-4-7-16(10-15)14-33-25(27)28)18-12-23(8-5-9-31-2)36(29,30)20-17(18)11-19(34-20)35-22/h4,6-7,10-11,18H,3,5,8-9,12-14,22H2,1-2H3. The van der Waals surface area contributed by atoms with E-state index in [1.807, 2.05) is 0 Å². The summed E-state index contributed by atoms with van der Waals surface area (Å²) in [6.45, 7) is 2.54. The summed E-state index contributed by atoms with van der Waals surface area (Å²) in [4.78, 5) is 29.4. The van der Waals surface area contributed by atoms with Crippen molar-refractivity contribution in [3.8, 4) is 0 Å². The molecule has 0 fully saturated rings. The fraction of sp³-hybridized carbons (Fsp3) is 0.476. The molecule has 0 aliphatic carbocycles. The van der Waals surface area contributed by atoms with Crippen LogP contribution in [0.25, 0.3) is 0 Å². The molecule has 1 aliphatic rings. The number of amides is 1. The molecule has 198 valence electrons. The van der Waals surface area contributed by atoms with Gasteiger partial charge in [0.2, 0.25) is 0 Å². The van der Waals surface area contributed by atoms with Gasteiger partial charge in [-0.2, -0.15) is 4.31 Å². The Bertz CT molecular complexity index is 1170. The van der Waals surface area contributed by atoms with E-state index in [1.165, 1.54) is 9.21 Å². The van der Waals surface area contributed by atoms with Gasteiger partial charge in [0.05, 0.1) is 10.3 Å². The number of sulfonamides is 1. The molecule has 0 saturated heterocycles. The Labute approximate surface area is 217 Å². The second-order valence-corrected chi connectivity index (χ2v) is 11.9. The minimum absolute atomic E-state index is 0.0649. The Balaban J connectivity index is 1.79. The molecule has 0 bridgehead atoms. The van der Waals surface area contributed by atoms with Crippen LogP contribution in [0.5, 0.6) is 0 Å². The number of ether oxygens (including phenoxy) is 2. The summed E-state index contributed by atoms with van der Waals surface area (Å²) in [5, 5.41) is 15.3. The van der Waals surface area contributed by atoms with E-state index in [-0.39, 0.29) is 37.1 Å². The van der Waals surface area contributed by atoms with Crippen molar-refractivity contribution in [3.63, 3.8) is 0 Å². The zero-order valence-electron chi connectivity index (χ0n) is 19.8. The predicted molar refractivity (Wildman–Crippen MR) is 133 cm³/mol. The van der Waals surface area contributed by atoms with Crippen molar-refractivity contribution in [1.82, 2.24) is 9.21 Å². The van der Waals surface area contributed by atoms with Gasteiger partial charge in [0, 0.05) is 38.9 Å². The van der Waals surface area contributed by atoms with Gasteiger partial charge >= 0.3 is 6.09 Å². The lowest BCUT2D eigenvalue weighted by molar-refractivity contribution is -0.763. The van der Waals surface area contributed by atoms with Crippen molar-refractivity contribution in [2.75, 3.05) is 33.4 Å². The van der Waals surface area contributed by atoms with Gasteiger partial charge in [-0.05, 0) is 42.5 Å². The summed E-state index contributed by atoms with van der Waals surface area (Å²) in [5.41, 5.74) is 1.72. The SMILES string of the molecule is CCN(C(=O)OCc1cccc(CO[N+](=O)[O-])c1)C1CN(CCCOC)S(=O)(=O)c2sc(SN)cc21. The molecule has 15 heteroatoms. The fourth-order valence-electron chi connectivity index (χ4n) is 3.87. The molecule has 0 saturated carbocycles. The Morgan fingerprint density at radius 2 is 2.06 bits per heavy atom. The van der Waals surface area contributed by atoms with E-state index in [4.69, 9.17) is 14.6 Å². The van der Waals surface area contributed by atoms with Crippen molar-refractivity contribution in [2.45, 2.75) is 41.0 Å². The van der Waals surface area contributed by atoms with E-state index in [1.54, 1.807) is 44.4 Å². The van der Waals surface area contributed by atoms with Crippen molar-refractivity contribution in [1.29, 1.82) is 0 Å². The van der Waals surface area contributed by atoms with Crippen LogP contribution in [-0.4, -0.2) is 62.2 Å². The van der Waals surface area contributed by atoms with Gasteiger partial charge in [-0.25, -0.2) is 13.2 Å². The maximum absolute atomic E-state index is 13.3. The average Bonchev–Trinajstić information content (AvgIpc) is 3.31. The lowest BCUT2D eigenvalue weighted by Crippen LogP contribution is -2.47. The van der Waals surface area contributed by atoms with E-state index in [2.05, 4.69) is 4.84 Å². The molecule has 3 rings (SSSR count). The number of carbonyl (C=O) groups excluding carboxylic acids is 1. The first-order valence-corrected chi connectivity index (χ1v) is 14.1. The Hall–Kier alpha value is -2.43. The van der Waals surface area contributed by atoms with Gasteiger partial charge in [0.15, 0.2) is 0 Å². The van der Waals surface area contributed by atoms with Crippen LogP contribution in [0, 0.1) is 10.1 Å². The number of hydrogen-bond acceptors (Lipinski definition) is 11. The fourth-order valence-corrected chi connectivity index (χ4v) is 7.79. The Morgan fingerprint density at radius 3 is 2.69 bits per heavy atom. The molecule has 2 aromatic rings. The molecule has 1 unspecified atom stereocenters. The highest BCUT2D eigenvalue weighted by Crippen LogP contribution is 2.43. The van der Waals surface area contributed by atoms with E-state index < -0.39 is 27.2 Å². The smallest absolute Gasteiger partial charge is 0.410 e. The number of thiophene rings is 1. The first-order chi connectivity index (χ1) is 17.2. The lowest BCUT2D eigenvalue weighted by atomic mass is 10.1. The summed E-state index contributed by atoms with van der Waals surface area (Å²) in [5.74, 6) is 0. The molecular weight excluding hydrogens is 532 g/mol. The van der Waals surface area contributed by atoms with Gasteiger partial charge in [0.1, 0.15) is 17.4 Å². The van der Waals surface area contributed by atoms with E-state index >= 15 is 0 Å². The van der Waals surface area contributed by atoms with Crippen LogP contribution in [0.15, 0.2) is 38.8 Å². The van der Waals surface area contributed by atoms with Gasteiger partial charge in [-0.1, -0.05) is 24.3 Å². The largest absolute Gasteiger partial charge is 0.445 e. The van der Waals surface area contributed by atoms with E-state index in [0.29, 0.717) is 33.9 Å². The van der Waals surface area contributed by atoms with Crippen LogP contribution in [0.3, 0.4) is 0 Å². The first kappa shape index (κ1) is 28.1. The Kier molecular flexibility index (Phi) is 9.92. The molecule has 0 radical (unpaired) electrons. The molecule has 36 heavy (non-hydrogen) atoms. The highest BCUT2D eigenvalue weighted by atomic mass is 32.3. The third-order valence-corrected chi connectivity index (χ3v) is 9.75. The quantitative estimate of drug-likeness (QED) is 0.177. The molecule has 1 aromatic carbocycles. The molecule has 12 nitrogen and oxygen atoms in total. The van der Waals surface area contributed by atoms with Crippen molar-refractivity contribution >= 4 is 39.4 Å². The molecule has 1 atom stereocenters. The molecule has 1 aromatic heterocycles. The first-order valence-electron chi connectivity index (χ1n) is 11.0. The number of likely N-dealkylation sites (N-methyl/N-ethyl adjacent to an activating group) is 1. The highest BCUT2D eigenvalue weighted by molar-refractivity contribution is 7.99. The summed E-state index contributed by atoms with van der Waals surface area (Å²) in [6.07, 6.45) is -0.0981. The number of methoxy groups -OCH3 is 1. The number of nitrogens with two attached hydrogens (primary N) is 1. The summed E-state index contributed by atoms with van der Waals surface area (Å²) < 4.78 is 39.3. The van der Waals surface area contributed by atoms with Gasteiger partial charge in [-0.15, -0.1) is 21.5 Å². The van der Waals surface area contributed by atoms with E-state index in [9.17, 15) is 23.3 Å². The number of benzene rings is 1. The molecule has 2 N–H and O–H groups in total. The second kappa shape index (κ2) is 12.7. The van der Waals surface area contributed by atoms with Crippen molar-refractivity contribution in [2.24, 2.45) is 5.14 Å². The van der Waals surface area contributed by atoms with Crippen molar-refractivity contribution < 1.29 is 32.6 Å². The maximum Gasteiger partial charge on any atom is 0.410 e. The summed E-state index contributed by atoms with van der Waals surface area (Å²) in [7, 11) is -2.18. The Morgan fingerprint density at radius 1 is 1.33 bits per heavy atom. The number of nitrogens with zero attached hydrogens (tertiary/aromatic N) is 3. The van der Waals surface area contributed by atoms with Gasteiger partial charge < -0.3 is 19.2 Å². The van der Waals surface area contributed by atoms with Crippen molar-refractivity contribution in [3.05, 3.63) is 57.1 Å². The van der Waals surface area contributed by atoms with Crippen LogP contribution in [0.4, 0.5) is 4.79 Å². The van der Waals surface area contributed by atoms with Crippen LogP contribution in [0.2, 0.25) is 0 Å². The normalized spacial score (nSPS) is 16.8. The van der Waals surface area contributed by atoms with E-state index in [0.717, 1.165) is 23.3 Å². The maximum atomic E-state index is 13.3. The number of rotatable bonds is 12. The topological polar surface area (TPSA) is 155 Å². The predicted octanol–water partition coefficient (Wildman–Crippen LogP) is 3.16. The zero-order chi connectivity index (χ0) is 26.3. The summed E-state index contributed by atoms with van der Waals surface area (Å²) in [6, 6.07) is 7.89. The molecule has 1 aliphatic heterocycles. The monoisotopic (exact) mass is 560 g/mol. The van der Waals surface area contributed by atoms with Crippen LogP contribution in [0.1, 0.15) is 36.1 Å². The molecule has 2 heterocycles. The number of hydrogen-bond donors (Lipinski definition) is 1. The third-order valence-electron chi connectivity index (χ3n) is 5.53. The van der Waals surface area contributed by atoms with Gasteiger partial charge in [0.25, 0.3) is 15.1 Å². The van der Waals surface area contributed by atoms with Crippen LogP contribution in [-0.2, 0) is 37.5 Å². The number of fused-ring (bicyclic) bond motifs is 1. The van der Waals surface area contributed by atoms with Crippen LogP contribution >= 0.6 is 23.3 Å². The average molecular weight is 561 g/mol. The minimum atomic E-state index is -3.74. The molecule has 1 amide bonds. The van der Waals surface area contributed by atoms with Crippen LogP contribution < -0.4 is 5.14 Å². The highest BCUT2D eigenvalue weighted by Gasteiger charge is 2.42. The number of carbonyl (C=O) groups is 1. The van der Waals surface area contributed by atoms with Gasteiger partial charge in [-0.3, -0.25) is 5.14 Å². The molecular formula is C21H28N4O8S3. The lowest BCUT2D eigenvalue weighted by Gasteiger charge is -2.37. The summed E-state index contributed by atoms with van der Waals surface area (Å²) >= 11 is 2.04. The minimum Gasteiger partial charge on any atom is -0.445 e. The second-order valence-electron chi connectivity index (χ2n) is 7.81. The zero-order valence-corrected chi connectivity index (χ0v) is 22.3.